The summed E-state index contributed by atoms with van der Waals surface area (Å²) in [4.78, 5) is 2.27. The Morgan fingerprint density at radius 2 is 2.12 bits per heavy atom. The zero-order chi connectivity index (χ0) is 12.6. The van der Waals surface area contributed by atoms with Crippen LogP contribution in [0.5, 0.6) is 0 Å². The average molecular weight is 237 g/mol. The first-order valence-corrected chi connectivity index (χ1v) is 6.23. The highest BCUT2D eigenvalue weighted by molar-refractivity contribution is 5.56. The van der Waals surface area contributed by atoms with E-state index < -0.39 is 6.10 Å². The number of hydrogen-bond acceptors (Lipinski definition) is 2. The standard InChI is InChI=1S/C14H20FNO/c1-9-6-10(2)16(8-9)14-5-4-12(15)7-13(14)11(3)17/h4-5,7,9-11,17H,6,8H2,1-3H3/t9?,10?,11-/m1/s1. The first-order chi connectivity index (χ1) is 7.99. The van der Waals surface area contributed by atoms with Crippen LogP contribution < -0.4 is 4.90 Å². The lowest BCUT2D eigenvalue weighted by molar-refractivity contribution is 0.199. The van der Waals surface area contributed by atoms with Gasteiger partial charge in [-0.25, -0.2) is 4.39 Å². The van der Waals surface area contributed by atoms with Gasteiger partial charge in [0.2, 0.25) is 0 Å². The number of anilines is 1. The average Bonchev–Trinajstić information content (AvgIpc) is 2.57. The molecule has 0 spiro atoms. The number of rotatable bonds is 2. The Hall–Kier alpha value is -1.09. The van der Waals surface area contributed by atoms with Crippen LogP contribution in [-0.2, 0) is 0 Å². The smallest absolute Gasteiger partial charge is 0.123 e. The molecule has 0 amide bonds. The Balaban J connectivity index is 2.38. The summed E-state index contributed by atoms with van der Waals surface area (Å²) in [6.07, 6.45) is 0.514. The molecule has 0 radical (unpaired) electrons. The molecule has 94 valence electrons. The van der Waals surface area contributed by atoms with Gasteiger partial charge in [-0.05, 0) is 44.4 Å². The van der Waals surface area contributed by atoms with Gasteiger partial charge in [-0.1, -0.05) is 6.92 Å². The second kappa shape index (κ2) is 4.65. The van der Waals surface area contributed by atoms with Crippen molar-refractivity contribution in [1.29, 1.82) is 0 Å². The van der Waals surface area contributed by atoms with Gasteiger partial charge in [0.25, 0.3) is 0 Å². The van der Waals surface area contributed by atoms with Crippen molar-refractivity contribution in [3.8, 4) is 0 Å². The van der Waals surface area contributed by atoms with Gasteiger partial charge in [0.1, 0.15) is 5.82 Å². The van der Waals surface area contributed by atoms with E-state index in [2.05, 4.69) is 18.7 Å². The van der Waals surface area contributed by atoms with E-state index in [4.69, 9.17) is 0 Å². The first kappa shape index (κ1) is 12.4. The lowest BCUT2D eigenvalue weighted by Crippen LogP contribution is -2.28. The van der Waals surface area contributed by atoms with Gasteiger partial charge in [-0.3, -0.25) is 0 Å². The third-order valence-electron chi connectivity index (χ3n) is 3.53. The number of nitrogens with zero attached hydrogens (tertiary/aromatic N) is 1. The van der Waals surface area contributed by atoms with Crippen LogP contribution in [0.4, 0.5) is 10.1 Å². The molecule has 1 N–H and O–H groups in total. The van der Waals surface area contributed by atoms with Crippen LogP contribution in [0.2, 0.25) is 0 Å². The topological polar surface area (TPSA) is 23.5 Å². The third-order valence-corrected chi connectivity index (χ3v) is 3.53. The van der Waals surface area contributed by atoms with Crippen LogP contribution in [0.3, 0.4) is 0 Å². The monoisotopic (exact) mass is 237 g/mol. The van der Waals surface area contributed by atoms with Gasteiger partial charge in [0, 0.05) is 23.8 Å². The lowest BCUT2D eigenvalue weighted by Gasteiger charge is -2.27. The van der Waals surface area contributed by atoms with Crippen molar-refractivity contribution >= 4 is 5.69 Å². The Morgan fingerprint density at radius 1 is 1.41 bits per heavy atom. The van der Waals surface area contributed by atoms with E-state index in [1.54, 1.807) is 13.0 Å². The molecular formula is C14H20FNO. The Kier molecular flexibility index (Phi) is 3.38. The maximum atomic E-state index is 13.2. The first-order valence-electron chi connectivity index (χ1n) is 6.23. The van der Waals surface area contributed by atoms with Gasteiger partial charge in [0.05, 0.1) is 6.10 Å². The highest BCUT2D eigenvalue weighted by Gasteiger charge is 2.28. The zero-order valence-corrected chi connectivity index (χ0v) is 10.7. The molecule has 0 aromatic heterocycles. The molecule has 1 fully saturated rings. The van der Waals surface area contributed by atoms with Crippen molar-refractivity contribution in [2.45, 2.75) is 39.3 Å². The lowest BCUT2D eigenvalue weighted by atomic mass is 10.1. The van der Waals surface area contributed by atoms with Gasteiger partial charge in [0.15, 0.2) is 0 Å². The Morgan fingerprint density at radius 3 is 2.65 bits per heavy atom. The second-order valence-corrected chi connectivity index (χ2v) is 5.22. The van der Waals surface area contributed by atoms with Crippen molar-refractivity contribution in [2.75, 3.05) is 11.4 Å². The van der Waals surface area contributed by atoms with Crippen LogP contribution in [-0.4, -0.2) is 17.7 Å². The quantitative estimate of drug-likeness (QED) is 0.854. The fraction of sp³-hybridized carbons (Fsp3) is 0.571. The molecule has 1 saturated heterocycles. The molecule has 0 saturated carbocycles. The normalized spacial score (nSPS) is 26.3. The molecule has 1 heterocycles. The molecule has 3 atom stereocenters. The summed E-state index contributed by atoms with van der Waals surface area (Å²) in [6, 6.07) is 5.14. The number of benzene rings is 1. The molecule has 2 rings (SSSR count). The van der Waals surface area contributed by atoms with Crippen molar-refractivity contribution in [3.63, 3.8) is 0 Å². The van der Waals surface area contributed by atoms with E-state index in [1.807, 2.05) is 0 Å². The molecule has 1 aromatic carbocycles. The summed E-state index contributed by atoms with van der Waals surface area (Å²) in [7, 11) is 0. The Bertz CT molecular complexity index is 405. The Labute approximate surface area is 102 Å². The van der Waals surface area contributed by atoms with Gasteiger partial charge in [-0.2, -0.15) is 0 Å². The number of aliphatic hydroxyl groups is 1. The summed E-state index contributed by atoms with van der Waals surface area (Å²) in [5, 5.41) is 9.75. The zero-order valence-electron chi connectivity index (χ0n) is 10.7. The van der Waals surface area contributed by atoms with E-state index in [9.17, 15) is 9.50 Å². The number of halogens is 1. The molecule has 0 aliphatic carbocycles. The third kappa shape index (κ3) is 2.44. The molecule has 1 aliphatic heterocycles. The van der Waals surface area contributed by atoms with E-state index in [0.29, 0.717) is 17.5 Å². The summed E-state index contributed by atoms with van der Waals surface area (Å²) >= 11 is 0. The molecule has 17 heavy (non-hydrogen) atoms. The van der Waals surface area contributed by atoms with Crippen LogP contribution in [0.15, 0.2) is 18.2 Å². The van der Waals surface area contributed by atoms with Crippen LogP contribution >= 0.6 is 0 Å². The van der Waals surface area contributed by atoms with E-state index in [1.165, 1.54) is 12.1 Å². The highest BCUT2D eigenvalue weighted by atomic mass is 19.1. The molecular weight excluding hydrogens is 217 g/mol. The van der Waals surface area contributed by atoms with Crippen molar-refractivity contribution in [1.82, 2.24) is 0 Å². The van der Waals surface area contributed by atoms with Crippen LogP contribution in [0, 0.1) is 11.7 Å². The minimum absolute atomic E-state index is 0.287. The largest absolute Gasteiger partial charge is 0.389 e. The predicted molar refractivity (Wildman–Crippen MR) is 67.6 cm³/mol. The minimum atomic E-state index is -0.635. The fourth-order valence-corrected chi connectivity index (χ4v) is 2.76. The van der Waals surface area contributed by atoms with Crippen molar-refractivity contribution < 1.29 is 9.50 Å². The molecule has 1 aromatic rings. The summed E-state index contributed by atoms with van der Waals surface area (Å²) < 4.78 is 13.2. The highest BCUT2D eigenvalue weighted by Crippen LogP contribution is 2.34. The number of hydrogen-bond donors (Lipinski definition) is 1. The van der Waals surface area contributed by atoms with Gasteiger partial charge < -0.3 is 10.0 Å². The van der Waals surface area contributed by atoms with E-state index in [0.717, 1.165) is 18.7 Å². The SMILES string of the molecule is CC1CC(C)N(c2ccc(F)cc2[C@@H](C)O)C1. The summed E-state index contributed by atoms with van der Waals surface area (Å²) in [6.45, 7) is 7.07. The fourth-order valence-electron chi connectivity index (χ4n) is 2.76. The predicted octanol–water partition coefficient (Wildman–Crippen LogP) is 3.11. The summed E-state index contributed by atoms with van der Waals surface area (Å²) in [5.74, 6) is 0.362. The van der Waals surface area contributed by atoms with Crippen molar-refractivity contribution in [3.05, 3.63) is 29.6 Å². The second-order valence-electron chi connectivity index (χ2n) is 5.22. The molecule has 2 unspecified atom stereocenters. The van der Waals surface area contributed by atoms with Gasteiger partial charge in [-0.15, -0.1) is 0 Å². The van der Waals surface area contributed by atoms with Crippen LogP contribution in [0.1, 0.15) is 38.9 Å². The minimum Gasteiger partial charge on any atom is -0.389 e. The molecule has 2 nitrogen and oxygen atoms in total. The van der Waals surface area contributed by atoms with Gasteiger partial charge >= 0.3 is 0 Å². The molecule has 3 heteroatoms. The maximum absolute atomic E-state index is 13.2. The molecule has 0 bridgehead atoms. The van der Waals surface area contributed by atoms with E-state index in [-0.39, 0.29) is 5.82 Å². The van der Waals surface area contributed by atoms with Crippen molar-refractivity contribution in [2.24, 2.45) is 5.92 Å². The maximum Gasteiger partial charge on any atom is 0.123 e. The molecule has 1 aliphatic rings. The van der Waals surface area contributed by atoms with E-state index >= 15 is 0 Å². The van der Waals surface area contributed by atoms with Crippen LogP contribution in [0.25, 0.3) is 0 Å². The number of aliphatic hydroxyl groups excluding tert-OH is 1. The summed E-state index contributed by atoms with van der Waals surface area (Å²) in [5.41, 5.74) is 1.66.